The van der Waals surface area contributed by atoms with Gasteiger partial charge in [0.05, 0.1) is 14.9 Å². The number of hydrogen-bond acceptors (Lipinski definition) is 4. The summed E-state index contributed by atoms with van der Waals surface area (Å²) >= 11 is 1.46. The van der Waals surface area contributed by atoms with Gasteiger partial charge in [0.25, 0.3) is 0 Å². The summed E-state index contributed by atoms with van der Waals surface area (Å²) in [6.45, 7) is -3.28. The summed E-state index contributed by atoms with van der Waals surface area (Å²) in [6, 6.07) is 11.5. The molecular weight excluding hydrogens is 409 g/mol. The summed E-state index contributed by atoms with van der Waals surface area (Å²) in [5, 5.41) is 9.50. The van der Waals surface area contributed by atoms with Crippen LogP contribution in [0.3, 0.4) is 0 Å². The average Bonchev–Trinajstić information content (AvgIpc) is 2.77. The van der Waals surface area contributed by atoms with E-state index in [1.165, 1.54) is 28.8 Å². The van der Waals surface area contributed by atoms with Gasteiger partial charge in [-0.3, -0.25) is 4.90 Å². The molecule has 2 aliphatic rings. The van der Waals surface area contributed by atoms with Crippen LogP contribution in [-0.2, 0) is 6.18 Å². The number of β-amino-alcohol motifs (C(OH)–C–C–N with tert-alkyl or cyclic N) is 1. The van der Waals surface area contributed by atoms with Crippen molar-refractivity contribution < 1.29 is 23.8 Å². The molecule has 0 bridgehead atoms. The first-order valence-corrected chi connectivity index (χ1v) is 10.6. The summed E-state index contributed by atoms with van der Waals surface area (Å²) in [5.74, 6) is 0. The van der Waals surface area contributed by atoms with E-state index in [0.29, 0.717) is 31.6 Å². The van der Waals surface area contributed by atoms with Crippen LogP contribution in [0.5, 0.6) is 0 Å². The zero-order valence-electron chi connectivity index (χ0n) is 20.2. The van der Waals surface area contributed by atoms with Crippen molar-refractivity contribution in [2.45, 2.75) is 22.4 Å². The Morgan fingerprint density at radius 1 is 1.00 bits per heavy atom. The third kappa shape index (κ3) is 4.75. The predicted octanol–water partition coefficient (Wildman–Crippen LogP) is 4.60. The lowest BCUT2D eigenvalue weighted by molar-refractivity contribution is -0.137. The standard InChI is InChI=1S/C23H25F3N2OS/c24-23(25,26)17-7-8-22-20(16-17)18(19-4-1-2-6-21(19)30-22)5-3-9-27-10-12-28(13-11-27)14-15-29/h1-2,4-8,16,29H,3,9-15H2/b18-5+/i14D2,15D2. The molecule has 2 heterocycles. The molecule has 0 spiro atoms. The highest BCUT2D eigenvalue weighted by molar-refractivity contribution is 7.99. The fourth-order valence-corrected chi connectivity index (χ4v) is 4.90. The molecule has 0 atom stereocenters. The van der Waals surface area contributed by atoms with Gasteiger partial charge in [-0.1, -0.05) is 36.0 Å². The van der Waals surface area contributed by atoms with Crippen molar-refractivity contribution in [1.82, 2.24) is 9.80 Å². The van der Waals surface area contributed by atoms with Crippen molar-refractivity contribution in [1.29, 1.82) is 0 Å². The molecule has 1 N–H and O–H groups in total. The number of nitrogens with zero attached hydrogens (tertiary/aromatic N) is 2. The number of benzene rings is 2. The van der Waals surface area contributed by atoms with Gasteiger partial charge in [-0.05, 0) is 47.4 Å². The molecular formula is C23H25F3N2OS. The molecule has 0 unspecified atom stereocenters. The largest absolute Gasteiger partial charge is 0.416 e. The zero-order chi connectivity index (χ0) is 24.7. The van der Waals surface area contributed by atoms with Gasteiger partial charge in [-0.2, -0.15) is 13.2 Å². The van der Waals surface area contributed by atoms with E-state index >= 15 is 0 Å². The minimum absolute atomic E-state index is 0.265. The second-order valence-electron chi connectivity index (χ2n) is 7.27. The zero-order valence-corrected chi connectivity index (χ0v) is 17.1. The van der Waals surface area contributed by atoms with E-state index in [4.69, 9.17) is 5.48 Å². The highest BCUT2D eigenvalue weighted by atomic mass is 32.2. The van der Waals surface area contributed by atoms with Crippen LogP contribution in [0, 0.1) is 0 Å². The molecule has 1 fully saturated rings. The molecule has 2 aromatic carbocycles. The van der Waals surface area contributed by atoms with Crippen LogP contribution in [0.2, 0.25) is 0 Å². The van der Waals surface area contributed by atoms with Crippen LogP contribution >= 0.6 is 11.8 Å². The molecule has 2 aliphatic heterocycles. The number of halogens is 3. The molecule has 4 rings (SSSR count). The Bertz CT molecular complexity index is 1080. The van der Waals surface area contributed by atoms with Gasteiger partial charge in [0.2, 0.25) is 0 Å². The molecule has 160 valence electrons. The maximum atomic E-state index is 13.4. The summed E-state index contributed by atoms with van der Waals surface area (Å²) in [4.78, 5) is 5.18. The van der Waals surface area contributed by atoms with E-state index in [1.54, 1.807) is 0 Å². The molecule has 0 aliphatic carbocycles. The van der Waals surface area contributed by atoms with E-state index in [0.717, 1.165) is 27.0 Å². The van der Waals surface area contributed by atoms with Crippen LogP contribution in [0.15, 0.2) is 58.3 Å². The van der Waals surface area contributed by atoms with Crippen LogP contribution < -0.4 is 0 Å². The number of fused-ring (bicyclic) bond motifs is 2. The first kappa shape index (κ1) is 16.8. The van der Waals surface area contributed by atoms with Crippen LogP contribution in [0.25, 0.3) is 5.57 Å². The van der Waals surface area contributed by atoms with E-state index in [9.17, 15) is 18.3 Å². The van der Waals surface area contributed by atoms with E-state index in [-0.39, 0.29) is 13.1 Å². The number of aliphatic hydroxyl groups is 1. The Kier molecular flexibility index (Phi) is 5.13. The first-order chi connectivity index (χ1) is 15.9. The minimum atomic E-state index is -4.42. The van der Waals surface area contributed by atoms with Gasteiger partial charge in [-0.25, -0.2) is 0 Å². The second kappa shape index (κ2) is 9.14. The topological polar surface area (TPSA) is 26.7 Å². The maximum Gasteiger partial charge on any atom is 0.416 e. The summed E-state index contributed by atoms with van der Waals surface area (Å²) in [7, 11) is 0. The van der Waals surface area contributed by atoms with Gasteiger partial charge in [0.1, 0.15) is 0 Å². The molecule has 30 heavy (non-hydrogen) atoms. The van der Waals surface area contributed by atoms with Crippen molar-refractivity contribution in [2.75, 3.05) is 45.8 Å². The SMILES string of the molecule is [2H]C([2H])(O)C([2H])([2H])N1CCN(CC/C=C2\c3ccccc3Sc3ccc(C(F)(F)F)cc32)CC1. The quantitative estimate of drug-likeness (QED) is 0.630. The Morgan fingerprint density at radius 2 is 1.70 bits per heavy atom. The molecule has 7 heteroatoms. The molecule has 0 aromatic heterocycles. The molecule has 0 radical (unpaired) electrons. The molecule has 0 saturated carbocycles. The monoisotopic (exact) mass is 438 g/mol. The summed E-state index contributed by atoms with van der Waals surface area (Å²) in [5.41, 5.74) is 1.58. The molecule has 0 amide bonds. The van der Waals surface area contributed by atoms with E-state index in [2.05, 4.69) is 4.90 Å². The minimum Gasteiger partial charge on any atom is -0.395 e. The number of piperazine rings is 1. The fraction of sp³-hybridized carbons (Fsp3) is 0.391. The van der Waals surface area contributed by atoms with Crippen molar-refractivity contribution in [3.63, 3.8) is 0 Å². The molecule has 3 nitrogen and oxygen atoms in total. The van der Waals surface area contributed by atoms with E-state index < -0.39 is 24.8 Å². The predicted molar refractivity (Wildman–Crippen MR) is 114 cm³/mol. The Hall–Kier alpha value is -1.80. The number of hydrogen-bond donors (Lipinski definition) is 1. The smallest absolute Gasteiger partial charge is 0.395 e. The normalized spacial score (nSPS) is 21.9. The third-order valence-electron chi connectivity index (χ3n) is 5.37. The highest BCUT2D eigenvalue weighted by Crippen LogP contribution is 2.47. The Labute approximate surface area is 184 Å². The van der Waals surface area contributed by atoms with Gasteiger partial charge in [0, 0.05) is 51.8 Å². The van der Waals surface area contributed by atoms with Crippen LogP contribution in [0.4, 0.5) is 13.2 Å². The van der Waals surface area contributed by atoms with Gasteiger partial charge < -0.3 is 10.0 Å². The van der Waals surface area contributed by atoms with Crippen molar-refractivity contribution in [3.05, 3.63) is 65.2 Å². The highest BCUT2D eigenvalue weighted by Gasteiger charge is 2.32. The number of alkyl halides is 3. The van der Waals surface area contributed by atoms with Gasteiger partial charge >= 0.3 is 6.18 Å². The number of rotatable bonds is 5. The Balaban J connectivity index is 1.50. The van der Waals surface area contributed by atoms with Crippen LogP contribution in [-0.4, -0.2) is 60.7 Å². The third-order valence-corrected chi connectivity index (χ3v) is 6.52. The van der Waals surface area contributed by atoms with Crippen molar-refractivity contribution in [2.24, 2.45) is 0 Å². The lowest BCUT2D eigenvalue weighted by Crippen LogP contribution is -2.47. The Morgan fingerprint density at radius 3 is 2.43 bits per heavy atom. The molecule has 1 saturated heterocycles. The lowest BCUT2D eigenvalue weighted by Gasteiger charge is -2.34. The second-order valence-corrected chi connectivity index (χ2v) is 8.35. The van der Waals surface area contributed by atoms with Crippen LogP contribution in [0.1, 0.15) is 28.6 Å². The summed E-state index contributed by atoms with van der Waals surface area (Å²) in [6.07, 6.45) is -1.86. The van der Waals surface area contributed by atoms with Gasteiger partial charge in [0.15, 0.2) is 0 Å². The van der Waals surface area contributed by atoms with Gasteiger partial charge in [-0.15, -0.1) is 0 Å². The first-order valence-electron chi connectivity index (χ1n) is 11.8. The maximum absolute atomic E-state index is 13.4. The summed E-state index contributed by atoms with van der Waals surface area (Å²) < 4.78 is 70.5. The lowest BCUT2D eigenvalue weighted by atomic mass is 9.94. The molecule has 2 aromatic rings. The van der Waals surface area contributed by atoms with E-state index in [1.807, 2.05) is 30.3 Å². The van der Waals surface area contributed by atoms with Crippen molar-refractivity contribution >= 4 is 17.3 Å². The van der Waals surface area contributed by atoms with Crippen molar-refractivity contribution in [3.8, 4) is 0 Å². The average molecular weight is 439 g/mol. The fourth-order valence-electron chi connectivity index (χ4n) is 3.81.